The van der Waals surface area contributed by atoms with E-state index in [9.17, 15) is 29.3 Å². The highest BCUT2D eigenvalue weighted by Gasteiger charge is 2.69. The van der Waals surface area contributed by atoms with Crippen LogP contribution < -0.4 is 0 Å². The van der Waals surface area contributed by atoms with Gasteiger partial charge in [0.1, 0.15) is 24.1 Å². The molecule has 0 N–H and O–H groups in total. The number of methoxy groups -OCH3 is 1. The third-order valence-electron chi connectivity index (χ3n) is 5.28. The largest absolute Gasteiger partial charge is 0.467 e. The standard InChI is InChI=1S/C17H15N3O8S/c1-17(7-28-20(25)26)11(16(24)27-2)19-14(23)10(15(19)29-17)18-12(21)8-5-3-4-6-9(8)13(18)22/h3-6,10-11,15H,7H2,1-2H3/t10?,11?,15-,17-/m0/s1. The van der Waals surface area contributed by atoms with Gasteiger partial charge in [0.15, 0.2) is 0 Å². The first-order valence-electron chi connectivity index (χ1n) is 8.53. The van der Waals surface area contributed by atoms with E-state index in [1.807, 2.05) is 0 Å². The van der Waals surface area contributed by atoms with Gasteiger partial charge in [0.25, 0.3) is 22.8 Å². The molecule has 11 nitrogen and oxygen atoms in total. The Morgan fingerprint density at radius 3 is 2.34 bits per heavy atom. The molecule has 1 aromatic rings. The summed E-state index contributed by atoms with van der Waals surface area (Å²) in [6, 6.07) is 3.98. The second-order valence-electron chi connectivity index (χ2n) is 6.96. The molecule has 4 rings (SSSR count). The summed E-state index contributed by atoms with van der Waals surface area (Å²) in [5, 5.41) is 8.92. The minimum atomic E-state index is -1.20. The van der Waals surface area contributed by atoms with Crippen LogP contribution in [0.4, 0.5) is 0 Å². The molecule has 4 atom stereocenters. The number of thioether (sulfide) groups is 1. The molecule has 2 fully saturated rings. The summed E-state index contributed by atoms with van der Waals surface area (Å²) < 4.78 is 3.57. The number of hydrogen-bond donors (Lipinski definition) is 0. The predicted octanol–water partition coefficient (Wildman–Crippen LogP) is 0.0749. The number of rotatable bonds is 5. The van der Waals surface area contributed by atoms with Crippen molar-refractivity contribution < 1.29 is 33.8 Å². The minimum absolute atomic E-state index is 0.204. The van der Waals surface area contributed by atoms with Gasteiger partial charge in [-0.25, -0.2) is 4.79 Å². The second kappa shape index (κ2) is 6.44. The number of esters is 1. The Morgan fingerprint density at radius 2 is 1.83 bits per heavy atom. The van der Waals surface area contributed by atoms with Gasteiger partial charge in [0, 0.05) is 0 Å². The molecule has 1 aromatic carbocycles. The van der Waals surface area contributed by atoms with Crippen LogP contribution in [0.15, 0.2) is 24.3 Å². The molecule has 0 bridgehead atoms. The van der Waals surface area contributed by atoms with Gasteiger partial charge in [0.05, 0.1) is 23.0 Å². The summed E-state index contributed by atoms with van der Waals surface area (Å²) >= 11 is 1.07. The van der Waals surface area contributed by atoms with Crippen LogP contribution in [-0.4, -0.2) is 74.5 Å². The topological polar surface area (TPSA) is 136 Å². The molecule has 3 aliphatic heterocycles. The quantitative estimate of drug-likeness (QED) is 0.213. The number of β-lactam (4-membered cyclic amide) rings is 1. The lowest BCUT2D eigenvalue weighted by Crippen LogP contribution is -2.71. The van der Waals surface area contributed by atoms with E-state index in [0.717, 1.165) is 23.8 Å². The zero-order chi connectivity index (χ0) is 21.1. The summed E-state index contributed by atoms with van der Waals surface area (Å²) in [5.74, 6) is -2.54. The van der Waals surface area contributed by atoms with Gasteiger partial charge in [-0.3, -0.25) is 19.3 Å². The molecule has 3 aliphatic rings. The molecule has 0 aromatic heterocycles. The molecule has 0 saturated carbocycles. The third kappa shape index (κ3) is 2.58. The summed E-state index contributed by atoms with van der Waals surface area (Å²) in [6.45, 7) is 1.06. The molecule has 12 heteroatoms. The number of fused-ring (bicyclic) bond motifs is 2. The Morgan fingerprint density at radius 1 is 1.24 bits per heavy atom. The van der Waals surface area contributed by atoms with Crippen LogP contribution in [0.2, 0.25) is 0 Å². The van der Waals surface area contributed by atoms with Crippen LogP contribution in [0, 0.1) is 10.1 Å². The zero-order valence-electron chi connectivity index (χ0n) is 15.3. The number of carbonyl (C=O) groups excluding carboxylic acids is 4. The molecular weight excluding hydrogens is 406 g/mol. The van der Waals surface area contributed by atoms with Crippen molar-refractivity contribution in [3.8, 4) is 0 Å². The number of imide groups is 1. The van der Waals surface area contributed by atoms with Gasteiger partial charge in [-0.2, -0.15) is 0 Å². The molecule has 29 heavy (non-hydrogen) atoms. The number of nitrogens with zero attached hydrogens (tertiary/aromatic N) is 3. The van der Waals surface area contributed by atoms with E-state index in [-0.39, 0.29) is 11.1 Å². The van der Waals surface area contributed by atoms with E-state index < -0.39 is 57.6 Å². The lowest BCUT2D eigenvalue weighted by molar-refractivity contribution is -0.758. The Balaban J connectivity index is 1.66. The number of carbonyl (C=O) groups is 4. The Labute approximate surface area is 168 Å². The van der Waals surface area contributed by atoms with Crippen molar-refractivity contribution in [2.75, 3.05) is 13.7 Å². The number of amides is 3. The van der Waals surface area contributed by atoms with Crippen LogP contribution in [-0.2, 0) is 19.2 Å². The van der Waals surface area contributed by atoms with Crippen molar-refractivity contribution in [3.05, 3.63) is 45.5 Å². The molecule has 3 heterocycles. The summed E-state index contributed by atoms with van der Waals surface area (Å²) in [4.78, 5) is 68.0. The first-order chi connectivity index (χ1) is 13.7. The summed E-state index contributed by atoms with van der Waals surface area (Å²) in [7, 11) is 1.14. The fourth-order valence-corrected chi connectivity index (χ4v) is 5.68. The van der Waals surface area contributed by atoms with Gasteiger partial charge in [-0.15, -0.1) is 21.9 Å². The van der Waals surface area contributed by atoms with E-state index in [2.05, 4.69) is 4.84 Å². The van der Waals surface area contributed by atoms with E-state index in [0.29, 0.717) is 0 Å². The average molecular weight is 421 g/mol. The maximum absolute atomic E-state index is 12.9. The molecule has 2 unspecified atom stereocenters. The highest BCUT2D eigenvalue weighted by molar-refractivity contribution is 8.01. The van der Waals surface area contributed by atoms with Crippen LogP contribution in [0.1, 0.15) is 27.6 Å². The lowest BCUT2D eigenvalue weighted by Gasteiger charge is -2.46. The highest BCUT2D eigenvalue weighted by atomic mass is 32.2. The van der Waals surface area contributed by atoms with Crippen LogP contribution >= 0.6 is 11.8 Å². The van der Waals surface area contributed by atoms with Crippen molar-refractivity contribution in [3.63, 3.8) is 0 Å². The average Bonchev–Trinajstić information content (AvgIpc) is 3.11. The van der Waals surface area contributed by atoms with Gasteiger partial charge in [0.2, 0.25) is 0 Å². The van der Waals surface area contributed by atoms with E-state index in [1.165, 1.54) is 24.0 Å². The summed E-state index contributed by atoms with van der Waals surface area (Å²) in [6.07, 6.45) is 0. The first-order valence-corrected chi connectivity index (χ1v) is 9.41. The third-order valence-corrected chi connectivity index (χ3v) is 6.89. The molecule has 2 saturated heterocycles. The van der Waals surface area contributed by atoms with E-state index in [1.54, 1.807) is 12.1 Å². The molecule has 0 spiro atoms. The summed E-state index contributed by atoms with van der Waals surface area (Å²) in [5.41, 5.74) is 0.409. The van der Waals surface area contributed by atoms with Crippen molar-refractivity contribution in [2.45, 2.75) is 29.1 Å². The fourth-order valence-electron chi connectivity index (χ4n) is 3.97. The Bertz CT molecular complexity index is 933. The highest BCUT2D eigenvalue weighted by Crippen LogP contribution is 2.53. The number of hydrogen-bond acceptors (Lipinski definition) is 9. The fraction of sp³-hybridized carbons (Fsp3) is 0.412. The Kier molecular flexibility index (Phi) is 4.26. The number of benzene rings is 1. The molecule has 0 aliphatic carbocycles. The lowest BCUT2D eigenvalue weighted by atomic mass is 9.94. The molecule has 3 amide bonds. The van der Waals surface area contributed by atoms with Gasteiger partial charge in [-0.05, 0) is 19.1 Å². The van der Waals surface area contributed by atoms with E-state index in [4.69, 9.17) is 4.74 Å². The van der Waals surface area contributed by atoms with Gasteiger partial charge < -0.3 is 14.5 Å². The van der Waals surface area contributed by atoms with Crippen molar-refractivity contribution in [1.82, 2.24) is 9.80 Å². The molecule has 0 radical (unpaired) electrons. The number of ether oxygens (including phenoxy) is 1. The predicted molar refractivity (Wildman–Crippen MR) is 96.1 cm³/mol. The normalized spacial score (nSPS) is 30.0. The van der Waals surface area contributed by atoms with Gasteiger partial charge >= 0.3 is 5.97 Å². The van der Waals surface area contributed by atoms with Crippen LogP contribution in [0.3, 0.4) is 0 Å². The van der Waals surface area contributed by atoms with Crippen LogP contribution in [0.5, 0.6) is 0 Å². The van der Waals surface area contributed by atoms with Gasteiger partial charge in [-0.1, -0.05) is 12.1 Å². The minimum Gasteiger partial charge on any atom is -0.467 e. The maximum Gasteiger partial charge on any atom is 0.330 e. The molecule has 152 valence electrons. The first kappa shape index (κ1) is 19.2. The van der Waals surface area contributed by atoms with Crippen molar-refractivity contribution in [1.29, 1.82) is 0 Å². The zero-order valence-corrected chi connectivity index (χ0v) is 16.1. The van der Waals surface area contributed by atoms with Crippen molar-refractivity contribution in [2.24, 2.45) is 0 Å². The smallest absolute Gasteiger partial charge is 0.330 e. The maximum atomic E-state index is 12.9. The monoisotopic (exact) mass is 421 g/mol. The molecular formula is C17H15N3O8S. The SMILES string of the molecule is COC(=O)C1N2C(=O)C(N3C(=O)c4ccccc4C3=O)[C@@H]2S[C@@]1(C)CO[N+](=O)[O-]. The van der Waals surface area contributed by atoms with Crippen LogP contribution in [0.25, 0.3) is 0 Å². The second-order valence-corrected chi connectivity index (χ2v) is 8.61. The van der Waals surface area contributed by atoms with Crippen molar-refractivity contribution >= 4 is 35.5 Å². The Hall–Kier alpha value is -3.15. The van der Waals surface area contributed by atoms with E-state index >= 15 is 0 Å².